The number of amides is 1. The maximum absolute atomic E-state index is 13.0. The molecule has 0 saturated carbocycles. The lowest BCUT2D eigenvalue weighted by atomic mass is 9.78. The normalized spacial score (nSPS) is 19.2. The van der Waals surface area contributed by atoms with Crippen LogP contribution in [0.15, 0.2) is 29.2 Å². The van der Waals surface area contributed by atoms with E-state index < -0.39 is 21.9 Å². The largest absolute Gasteiger partial charge is 0.481 e. The number of nitrogens with two attached hydrogens (primary N) is 1. The van der Waals surface area contributed by atoms with Crippen molar-refractivity contribution in [3.05, 3.63) is 29.8 Å². The third-order valence-electron chi connectivity index (χ3n) is 6.44. The second-order valence-corrected chi connectivity index (χ2v) is 10.6. The second-order valence-electron chi connectivity index (χ2n) is 8.69. The number of primary amides is 1. The molecule has 0 radical (unpaired) electrons. The molecule has 2 fully saturated rings. The minimum absolute atomic E-state index is 0.00561. The Morgan fingerprint density at radius 3 is 2.36 bits per heavy atom. The molecule has 1 amide bonds. The van der Waals surface area contributed by atoms with Gasteiger partial charge >= 0.3 is 5.97 Å². The van der Waals surface area contributed by atoms with Gasteiger partial charge in [-0.05, 0) is 49.4 Å². The zero-order chi connectivity index (χ0) is 23.9. The number of nitrogens with zero attached hydrogens (tertiary/aromatic N) is 2. The Kier molecular flexibility index (Phi) is 8.82. The van der Waals surface area contributed by atoms with Crippen molar-refractivity contribution in [2.45, 2.75) is 30.6 Å². The summed E-state index contributed by atoms with van der Waals surface area (Å²) in [5, 5.41) is 8.55. The first-order valence-electron chi connectivity index (χ1n) is 11.2. The number of rotatable bonds is 12. The number of ether oxygens (including phenoxy) is 2. The maximum Gasteiger partial charge on any atom is 0.305 e. The van der Waals surface area contributed by atoms with Crippen LogP contribution in [0, 0.1) is 5.41 Å². The highest BCUT2D eigenvalue weighted by molar-refractivity contribution is 7.89. The van der Waals surface area contributed by atoms with E-state index in [4.69, 9.17) is 20.3 Å². The lowest BCUT2D eigenvalue weighted by molar-refractivity contribution is -0.138. The van der Waals surface area contributed by atoms with Crippen molar-refractivity contribution >= 4 is 21.9 Å². The molecule has 2 aliphatic heterocycles. The number of sulfonamides is 1. The Hall–Kier alpha value is -2.05. The Bertz CT molecular complexity index is 930. The first-order valence-corrected chi connectivity index (χ1v) is 12.7. The second kappa shape index (κ2) is 11.4. The fourth-order valence-electron chi connectivity index (χ4n) is 4.46. The average Bonchev–Trinajstić information content (AvgIpc) is 3.18. The highest BCUT2D eigenvalue weighted by atomic mass is 32.2. The van der Waals surface area contributed by atoms with Gasteiger partial charge in [-0.1, -0.05) is 6.07 Å². The summed E-state index contributed by atoms with van der Waals surface area (Å²) in [6.45, 7) is 5.20. The monoisotopic (exact) mass is 483 g/mol. The van der Waals surface area contributed by atoms with Gasteiger partial charge < -0.3 is 25.2 Å². The number of carboxylic acid groups (broad SMARTS) is 1. The van der Waals surface area contributed by atoms with Crippen molar-refractivity contribution in [1.82, 2.24) is 9.21 Å². The molecular formula is C22H33N3O7S. The summed E-state index contributed by atoms with van der Waals surface area (Å²) >= 11 is 0. The molecule has 1 spiro atoms. The minimum Gasteiger partial charge on any atom is -0.481 e. The lowest BCUT2D eigenvalue weighted by Gasteiger charge is -2.38. The van der Waals surface area contributed by atoms with Crippen molar-refractivity contribution < 1.29 is 32.6 Å². The van der Waals surface area contributed by atoms with E-state index in [1.54, 1.807) is 0 Å². The Morgan fingerprint density at radius 2 is 1.70 bits per heavy atom. The molecule has 0 bridgehead atoms. The third kappa shape index (κ3) is 6.97. The Balaban J connectivity index is 1.40. The van der Waals surface area contributed by atoms with E-state index in [9.17, 15) is 18.0 Å². The molecule has 184 valence electrons. The van der Waals surface area contributed by atoms with Crippen LogP contribution in [-0.4, -0.2) is 93.8 Å². The molecule has 11 heteroatoms. The molecule has 2 aliphatic rings. The molecule has 0 aliphatic carbocycles. The summed E-state index contributed by atoms with van der Waals surface area (Å²) in [6, 6.07) is 5.89. The molecule has 2 saturated heterocycles. The maximum atomic E-state index is 13.0. The molecule has 10 nitrogen and oxygen atoms in total. The van der Waals surface area contributed by atoms with Gasteiger partial charge in [0.05, 0.1) is 37.7 Å². The fraction of sp³-hybridized carbons (Fsp3) is 0.636. The van der Waals surface area contributed by atoms with Gasteiger partial charge in [-0.25, -0.2) is 8.42 Å². The van der Waals surface area contributed by atoms with Gasteiger partial charge in [-0.2, -0.15) is 4.31 Å². The zero-order valence-electron chi connectivity index (χ0n) is 18.8. The molecule has 0 unspecified atom stereocenters. The van der Waals surface area contributed by atoms with E-state index >= 15 is 0 Å². The van der Waals surface area contributed by atoms with Crippen LogP contribution in [0.1, 0.15) is 36.0 Å². The lowest BCUT2D eigenvalue weighted by Crippen LogP contribution is -2.44. The quantitative estimate of drug-likeness (QED) is 0.416. The van der Waals surface area contributed by atoms with Crippen LogP contribution in [0.5, 0.6) is 0 Å². The van der Waals surface area contributed by atoms with Crippen LogP contribution in [0.4, 0.5) is 0 Å². The summed E-state index contributed by atoms with van der Waals surface area (Å²) in [5.41, 5.74) is 5.60. The average molecular weight is 484 g/mol. The summed E-state index contributed by atoms with van der Waals surface area (Å²) < 4.78 is 38.4. The number of hydrogen-bond acceptors (Lipinski definition) is 7. The van der Waals surface area contributed by atoms with Crippen molar-refractivity contribution in [2.75, 3.05) is 59.2 Å². The fourth-order valence-corrected chi connectivity index (χ4v) is 5.95. The Morgan fingerprint density at radius 1 is 1.03 bits per heavy atom. The number of benzene rings is 1. The number of piperidine rings is 1. The van der Waals surface area contributed by atoms with Gasteiger partial charge in [0, 0.05) is 31.7 Å². The number of carboxylic acids is 1. The first kappa shape index (κ1) is 25.6. The molecule has 1 aromatic rings. The van der Waals surface area contributed by atoms with E-state index in [0.717, 1.165) is 38.9 Å². The molecule has 1 aromatic carbocycles. The molecule has 3 N–H and O–H groups in total. The topological polar surface area (TPSA) is 139 Å². The number of carbonyl (C=O) groups is 2. The van der Waals surface area contributed by atoms with Gasteiger partial charge in [0.25, 0.3) is 0 Å². The van der Waals surface area contributed by atoms with Crippen molar-refractivity contribution in [3.8, 4) is 0 Å². The van der Waals surface area contributed by atoms with Gasteiger partial charge in [0.2, 0.25) is 15.9 Å². The van der Waals surface area contributed by atoms with E-state index in [2.05, 4.69) is 4.90 Å². The first-order chi connectivity index (χ1) is 15.7. The molecule has 2 heterocycles. The van der Waals surface area contributed by atoms with E-state index in [1.165, 1.54) is 28.6 Å². The van der Waals surface area contributed by atoms with Crippen molar-refractivity contribution in [1.29, 1.82) is 0 Å². The summed E-state index contributed by atoms with van der Waals surface area (Å²) in [6.07, 6.45) is 2.64. The molecule has 0 atom stereocenters. The van der Waals surface area contributed by atoms with Crippen LogP contribution >= 0.6 is 0 Å². The summed E-state index contributed by atoms with van der Waals surface area (Å²) in [7, 11) is -3.66. The van der Waals surface area contributed by atoms with Crippen molar-refractivity contribution in [3.63, 3.8) is 0 Å². The van der Waals surface area contributed by atoms with Crippen LogP contribution < -0.4 is 5.73 Å². The Labute approximate surface area is 194 Å². The summed E-state index contributed by atoms with van der Waals surface area (Å²) in [5.74, 6) is -1.52. The minimum atomic E-state index is -3.66. The highest BCUT2D eigenvalue weighted by Crippen LogP contribution is 2.41. The predicted molar refractivity (Wildman–Crippen MR) is 120 cm³/mol. The van der Waals surface area contributed by atoms with Crippen LogP contribution in [-0.2, 0) is 24.3 Å². The molecule has 0 aromatic heterocycles. The molecule has 33 heavy (non-hydrogen) atoms. The van der Waals surface area contributed by atoms with Gasteiger partial charge in [0.15, 0.2) is 0 Å². The number of hydrogen-bond donors (Lipinski definition) is 2. The number of aliphatic carboxylic acids is 1. The SMILES string of the molecule is NC(=O)c1cccc(S(=O)(=O)N2CCC3(CCN(CCOCCOCCC(=O)O)C3)CC2)c1. The zero-order valence-corrected chi connectivity index (χ0v) is 19.6. The van der Waals surface area contributed by atoms with Crippen LogP contribution in [0.2, 0.25) is 0 Å². The van der Waals surface area contributed by atoms with Crippen LogP contribution in [0.3, 0.4) is 0 Å². The third-order valence-corrected chi connectivity index (χ3v) is 8.34. The highest BCUT2D eigenvalue weighted by Gasteiger charge is 2.42. The van der Waals surface area contributed by atoms with Gasteiger partial charge in [-0.15, -0.1) is 0 Å². The standard InChI is InChI=1S/C22H33N3O7S/c23-21(28)18-2-1-3-19(16-18)33(29,30)25-9-6-22(7-10-25)5-8-24(17-22)11-13-32-15-14-31-12-4-20(26)27/h1-3,16H,4-15,17H2,(H2,23,28)(H,26,27). The van der Waals surface area contributed by atoms with Gasteiger partial charge in [0.1, 0.15) is 0 Å². The van der Waals surface area contributed by atoms with E-state index in [-0.39, 0.29) is 28.9 Å². The smallest absolute Gasteiger partial charge is 0.305 e. The summed E-state index contributed by atoms with van der Waals surface area (Å²) in [4.78, 5) is 24.3. The van der Waals surface area contributed by atoms with Gasteiger partial charge in [-0.3, -0.25) is 9.59 Å². The van der Waals surface area contributed by atoms with Crippen molar-refractivity contribution in [2.24, 2.45) is 11.1 Å². The molecular weight excluding hydrogens is 450 g/mol. The van der Waals surface area contributed by atoms with Crippen LogP contribution in [0.25, 0.3) is 0 Å². The van der Waals surface area contributed by atoms with E-state index in [0.29, 0.717) is 32.9 Å². The number of carbonyl (C=O) groups excluding carboxylic acids is 1. The number of likely N-dealkylation sites (tertiary alicyclic amines) is 1. The predicted octanol–water partition coefficient (Wildman–Crippen LogP) is 0.770. The van der Waals surface area contributed by atoms with E-state index in [1.807, 2.05) is 0 Å². The molecule has 3 rings (SSSR count).